The van der Waals surface area contributed by atoms with Gasteiger partial charge in [0, 0.05) is 0 Å². The summed E-state index contributed by atoms with van der Waals surface area (Å²) >= 11 is 0. The molecule has 0 bridgehead atoms. The van der Waals surface area contributed by atoms with Crippen LogP contribution in [0.4, 0.5) is 0 Å². The SMILES string of the molecule is CCCCCCCCCCCCCCC(C(=O)O)(P(=O)(O)O)P(=O)(O)O. The molecule has 0 fully saturated rings. The molecule has 0 saturated carbocycles. The Morgan fingerprint density at radius 3 is 1.27 bits per heavy atom. The molecule has 0 spiro atoms. The largest absolute Gasteiger partial charge is 0.480 e. The van der Waals surface area contributed by atoms with Crippen molar-refractivity contribution in [3.8, 4) is 0 Å². The van der Waals surface area contributed by atoms with Gasteiger partial charge in [-0.2, -0.15) is 0 Å². The molecule has 0 aromatic heterocycles. The van der Waals surface area contributed by atoms with Crippen molar-refractivity contribution >= 4 is 21.2 Å². The van der Waals surface area contributed by atoms with Crippen LogP contribution >= 0.6 is 15.2 Å². The number of aliphatic carboxylic acids is 1. The van der Waals surface area contributed by atoms with Crippen molar-refractivity contribution in [3.63, 3.8) is 0 Å². The average Bonchev–Trinajstić information content (AvgIpc) is 2.49. The minimum Gasteiger partial charge on any atom is -0.480 e. The standard InChI is InChI=1S/C16H34O8P2/c1-2-3-4-5-6-7-8-9-10-11-12-13-14-16(15(17)18,25(19,20)21)26(22,23)24/h2-14H2,1H3,(H,17,18)(H2,19,20,21)(H2,22,23,24). The summed E-state index contributed by atoms with van der Waals surface area (Å²) in [6.07, 6.45) is 11.1. The van der Waals surface area contributed by atoms with E-state index >= 15 is 0 Å². The van der Waals surface area contributed by atoms with Crippen LogP contribution in [0.15, 0.2) is 0 Å². The third-order valence-electron chi connectivity index (χ3n) is 4.69. The van der Waals surface area contributed by atoms with Crippen LogP contribution in [-0.2, 0) is 13.9 Å². The first-order valence-electron chi connectivity index (χ1n) is 9.35. The summed E-state index contributed by atoms with van der Waals surface area (Å²) in [5, 5.41) is 9.09. The molecular weight excluding hydrogens is 382 g/mol. The first-order valence-corrected chi connectivity index (χ1v) is 12.6. The van der Waals surface area contributed by atoms with Gasteiger partial charge in [-0.25, -0.2) is 0 Å². The van der Waals surface area contributed by atoms with Crippen LogP contribution in [0.2, 0.25) is 0 Å². The molecule has 8 nitrogen and oxygen atoms in total. The van der Waals surface area contributed by atoms with E-state index in [0.717, 1.165) is 25.7 Å². The number of carboxylic acids is 1. The highest BCUT2D eigenvalue weighted by Gasteiger charge is 2.65. The highest BCUT2D eigenvalue weighted by molar-refractivity contribution is 7.74. The van der Waals surface area contributed by atoms with Crippen molar-refractivity contribution in [1.29, 1.82) is 0 Å². The zero-order valence-electron chi connectivity index (χ0n) is 15.5. The molecule has 26 heavy (non-hydrogen) atoms. The van der Waals surface area contributed by atoms with Crippen molar-refractivity contribution < 1.29 is 38.6 Å². The third kappa shape index (κ3) is 8.20. The van der Waals surface area contributed by atoms with Crippen molar-refractivity contribution in [3.05, 3.63) is 0 Å². The van der Waals surface area contributed by atoms with Gasteiger partial charge in [0.15, 0.2) is 0 Å². The number of carbonyl (C=O) groups is 1. The summed E-state index contributed by atoms with van der Waals surface area (Å²) in [5.41, 5.74) is 0. The fraction of sp³-hybridized carbons (Fsp3) is 0.938. The fourth-order valence-electron chi connectivity index (χ4n) is 3.03. The second kappa shape index (κ2) is 12.3. The number of hydrogen-bond donors (Lipinski definition) is 5. The maximum atomic E-state index is 11.5. The maximum absolute atomic E-state index is 11.5. The summed E-state index contributed by atoms with van der Waals surface area (Å²) in [5.74, 6) is -2.15. The van der Waals surface area contributed by atoms with E-state index in [1.165, 1.54) is 38.5 Å². The van der Waals surface area contributed by atoms with Crippen LogP contribution in [0.1, 0.15) is 90.4 Å². The van der Waals surface area contributed by atoms with E-state index in [1.54, 1.807) is 0 Å². The van der Waals surface area contributed by atoms with E-state index in [0.29, 0.717) is 6.42 Å². The van der Waals surface area contributed by atoms with E-state index in [4.69, 9.17) is 5.11 Å². The molecule has 0 atom stereocenters. The first kappa shape index (κ1) is 25.8. The van der Waals surface area contributed by atoms with E-state index < -0.39 is 32.5 Å². The molecule has 10 heteroatoms. The van der Waals surface area contributed by atoms with Gasteiger partial charge in [-0.1, -0.05) is 84.0 Å². The van der Waals surface area contributed by atoms with E-state index in [1.807, 2.05) is 0 Å². The van der Waals surface area contributed by atoms with Gasteiger partial charge >= 0.3 is 21.2 Å². The molecule has 0 aromatic rings. The lowest BCUT2D eigenvalue weighted by atomic mass is 10.0. The fourth-order valence-corrected chi connectivity index (χ4v) is 5.78. The molecule has 156 valence electrons. The second-order valence-electron chi connectivity index (χ2n) is 6.85. The summed E-state index contributed by atoms with van der Waals surface area (Å²) in [4.78, 5) is 44.9. The number of carboxylic acid groups (broad SMARTS) is 1. The zero-order chi connectivity index (χ0) is 20.3. The van der Waals surface area contributed by atoms with Gasteiger partial charge in [0.2, 0.25) is 0 Å². The predicted molar refractivity (Wildman–Crippen MR) is 100 cm³/mol. The molecule has 0 heterocycles. The molecule has 0 saturated heterocycles. The minimum absolute atomic E-state index is 0.0412. The van der Waals surface area contributed by atoms with Crippen LogP contribution in [0.25, 0.3) is 0 Å². The Labute approximate surface area is 155 Å². The second-order valence-corrected chi connectivity index (χ2v) is 10.9. The minimum atomic E-state index is -5.53. The molecule has 0 radical (unpaired) electrons. The van der Waals surface area contributed by atoms with Crippen LogP contribution in [0, 0.1) is 0 Å². The molecule has 5 N–H and O–H groups in total. The lowest BCUT2D eigenvalue weighted by Gasteiger charge is -2.30. The van der Waals surface area contributed by atoms with Gasteiger partial charge in [0.25, 0.3) is 4.90 Å². The predicted octanol–water partition coefficient (Wildman–Crippen LogP) is 4.21. The van der Waals surface area contributed by atoms with Gasteiger partial charge < -0.3 is 24.7 Å². The molecule has 0 aliphatic heterocycles. The van der Waals surface area contributed by atoms with Crippen molar-refractivity contribution in [2.75, 3.05) is 0 Å². The maximum Gasteiger partial charge on any atom is 0.355 e. The highest BCUT2D eigenvalue weighted by atomic mass is 31.2. The normalized spacial score (nSPS) is 13.1. The molecule has 0 amide bonds. The van der Waals surface area contributed by atoms with Gasteiger partial charge in [0.1, 0.15) is 0 Å². The first-order chi connectivity index (χ1) is 12.0. The summed E-state index contributed by atoms with van der Waals surface area (Å²) in [6, 6.07) is 0. The Balaban J connectivity index is 4.15. The summed E-state index contributed by atoms with van der Waals surface area (Å²) in [7, 11) is -11.1. The lowest BCUT2D eigenvalue weighted by molar-refractivity contribution is -0.138. The van der Waals surface area contributed by atoms with Gasteiger partial charge in [-0.15, -0.1) is 0 Å². The molecule has 0 aromatic carbocycles. The lowest BCUT2D eigenvalue weighted by Crippen LogP contribution is -2.38. The van der Waals surface area contributed by atoms with Gasteiger partial charge in [0.05, 0.1) is 0 Å². The van der Waals surface area contributed by atoms with Crippen molar-refractivity contribution in [1.82, 2.24) is 0 Å². The molecule has 0 aliphatic carbocycles. The van der Waals surface area contributed by atoms with Crippen molar-refractivity contribution in [2.24, 2.45) is 0 Å². The summed E-state index contributed by atoms with van der Waals surface area (Å²) in [6.45, 7) is 2.18. The monoisotopic (exact) mass is 416 g/mol. The highest BCUT2D eigenvalue weighted by Crippen LogP contribution is 2.71. The number of rotatable bonds is 16. The van der Waals surface area contributed by atoms with E-state index in [9.17, 15) is 33.5 Å². The Bertz CT molecular complexity index is 474. The summed E-state index contributed by atoms with van der Waals surface area (Å²) < 4.78 is 23.0. The average molecular weight is 416 g/mol. The van der Waals surface area contributed by atoms with Crippen LogP contribution in [-0.4, -0.2) is 35.5 Å². The van der Waals surface area contributed by atoms with Gasteiger partial charge in [-0.3, -0.25) is 13.9 Å². The van der Waals surface area contributed by atoms with Crippen LogP contribution in [0.5, 0.6) is 0 Å². The smallest absolute Gasteiger partial charge is 0.355 e. The number of hydrogen-bond acceptors (Lipinski definition) is 3. The molecular formula is C16H34O8P2. The third-order valence-corrected chi connectivity index (χ3v) is 9.01. The Kier molecular flexibility index (Phi) is 12.2. The number of unbranched alkanes of at least 4 members (excludes halogenated alkanes) is 11. The van der Waals surface area contributed by atoms with E-state index in [-0.39, 0.29) is 6.42 Å². The van der Waals surface area contributed by atoms with Gasteiger partial charge in [-0.05, 0) is 6.42 Å². The van der Waals surface area contributed by atoms with Crippen LogP contribution < -0.4 is 0 Å². The topological polar surface area (TPSA) is 152 Å². The molecule has 0 unspecified atom stereocenters. The zero-order valence-corrected chi connectivity index (χ0v) is 17.3. The Morgan fingerprint density at radius 1 is 0.692 bits per heavy atom. The van der Waals surface area contributed by atoms with Crippen molar-refractivity contribution in [2.45, 2.75) is 95.3 Å². The Hall–Kier alpha value is -0.230. The van der Waals surface area contributed by atoms with E-state index in [2.05, 4.69) is 6.92 Å². The molecule has 0 rings (SSSR count). The quantitative estimate of drug-likeness (QED) is 0.185. The van der Waals surface area contributed by atoms with Crippen LogP contribution in [0.3, 0.4) is 0 Å². The molecule has 0 aliphatic rings. The Morgan fingerprint density at radius 2 is 1.00 bits per heavy atom.